The van der Waals surface area contributed by atoms with Gasteiger partial charge in [0.1, 0.15) is 0 Å². The molecule has 0 unspecified atom stereocenters. The van der Waals surface area contributed by atoms with E-state index in [2.05, 4.69) is 26.4 Å². The number of pyridine rings is 1. The fourth-order valence-corrected chi connectivity index (χ4v) is 2.69. The first kappa shape index (κ1) is 15.9. The van der Waals surface area contributed by atoms with Crippen molar-refractivity contribution in [2.45, 2.75) is 37.9 Å². The molecule has 0 fully saturated rings. The van der Waals surface area contributed by atoms with Crippen molar-refractivity contribution < 1.29 is 4.79 Å². The van der Waals surface area contributed by atoms with Gasteiger partial charge in [0.25, 0.3) is 0 Å². The number of H-pyrrole nitrogens is 1. The van der Waals surface area contributed by atoms with Gasteiger partial charge in [0, 0.05) is 49.2 Å². The van der Waals surface area contributed by atoms with Gasteiger partial charge in [-0.15, -0.1) is 12.3 Å². The molecule has 0 radical (unpaired) electrons. The molecule has 0 saturated carbocycles. The highest BCUT2D eigenvalue weighted by molar-refractivity contribution is 5.82. The number of hydrogen-bond acceptors (Lipinski definition) is 4. The van der Waals surface area contributed by atoms with Gasteiger partial charge in [0.05, 0.1) is 0 Å². The number of fused-ring (bicyclic) bond motifs is 1. The van der Waals surface area contributed by atoms with Crippen molar-refractivity contribution in [1.82, 2.24) is 10.3 Å². The second-order valence-corrected chi connectivity index (χ2v) is 5.87. The molecule has 0 aliphatic carbocycles. The van der Waals surface area contributed by atoms with Crippen molar-refractivity contribution in [1.29, 1.82) is 0 Å². The predicted octanol–water partition coefficient (Wildman–Crippen LogP) is 2.50. The monoisotopic (exact) mass is 322 g/mol. The summed E-state index contributed by atoms with van der Waals surface area (Å²) in [6, 6.07) is 9.04. The summed E-state index contributed by atoms with van der Waals surface area (Å²) < 4.78 is 0. The van der Waals surface area contributed by atoms with Crippen molar-refractivity contribution in [2.24, 2.45) is 10.2 Å². The summed E-state index contributed by atoms with van der Waals surface area (Å²) in [5.74, 6) is 2.48. The number of nitrogens with zero attached hydrogens (tertiary/aromatic N) is 2. The minimum absolute atomic E-state index is 0.0863. The minimum atomic E-state index is -0.444. The smallest absolute Gasteiger partial charge is 0.248 e. The highest BCUT2D eigenvalue weighted by atomic mass is 16.1. The predicted molar refractivity (Wildman–Crippen MR) is 91.3 cm³/mol. The van der Waals surface area contributed by atoms with Crippen molar-refractivity contribution in [3.8, 4) is 12.3 Å². The van der Waals surface area contributed by atoms with E-state index in [1.54, 1.807) is 0 Å². The molecule has 0 atom stereocenters. The van der Waals surface area contributed by atoms with E-state index < -0.39 is 5.66 Å². The van der Waals surface area contributed by atoms with Crippen molar-refractivity contribution in [3.63, 3.8) is 0 Å². The van der Waals surface area contributed by atoms with Gasteiger partial charge in [0.15, 0.2) is 5.66 Å². The molecule has 1 amide bonds. The number of nitrogens with one attached hydrogen (secondary N) is 2. The summed E-state index contributed by atoms with van der Waals surface area (Å²) in [5.41, 5.74) is 0.936. The Kier molecular flexibility index (Phi) is 4.43. The van der Waals surface area contributed by atoms with Crippen LogP contribution in [0.15, 0.2) is 45.4 Å². The van der Waals surface area contributed by atoms with Gasteiger partial charge in [-0.2, -0.15) is 10.2 Å². The van der Waals surface area contributed by atoms with Gasteiger partial charge < -0.3 is 10.3 Å². The number of benzene rings is 1. The SMILES string of the molecule is C#CCCC1(CCC(=O)NCc2cc(=O)[nH]c3ccccc23)N=N1. The molecule has 122 valence electrons. The summed E-state index contributed by atoms with van der Waals surface area (Å²) in [6.07, 6.45) is 7.44. The number of carbonyl (C=O) groups is 1. The number of para-hydroxylation sites is 1. The van der Waals surface area contributed by atoms with Gasteiger partial charge in [-0.1, -0.05) is 18.2 Å². The molecule has 3 rings (SSSR count). The maximum Gasteiger partial charge on any atom is 0.248 e. The Morgan fingerprint density at radius 1 is 1.29 bits per heavy atom. The van der Waals surface area contributed by atoms with Gasteiger partial charge in [0.2, 0.25) is 11.5 Å². The van der Waals surface area contributed by atoms with E-state index >= 15 is 0 Å². The maximum atomic E-state index is 12.1. The van der Waals surface area contributed by atoms with E-state index in [1.807, 2.05) is 24.3 Å². The van der Waals surface area contributed by atoms with Crippen LogP contribution < -0.4 is 10.9 Å². The van der Waals surface area contributed by atoms with Crippen LogP contribution in [-0.2, 0) is 11.3 Å². The third-order valence-corrected chi connectivity index (χ3v) is 4.12. The Labute approximate surface area is 139 Å². The van der Waals surface area contributed by atoms with Gasteiger partial charge in [-0.3, -0.25) is 9.59 Å². The van der Waals surface area contributed by atoms with Gasteiger partial charge in [-0.05, 0) is 11.6 Å². The van der Waals surface area contributed by atoms with Crippen LogP contribution in [0.3, 0.4) is 0 Å². The number of rotatable bonds is 7. The van der Waals surface area contributed by atoms with E-state index in [4.69, 9.17) is 6.42 Å². The molecule has 1 aromatic carbocycles. The molecule has 1 aliphatic rings. The standard InChI is InChI=1S/C18H18N4O2/c1-2-3-9-18(21-22-18)10-8-16(23)19-12-13-11-17(24)20-15-7-5-4-6-14(13)15/h1,4-7,11H,3,8-10,12H2,(H,19,23)(H,20,24). The molecular weight excluding hydrogens is 304 g/mol. The first-order valence-corrected chi connectivity index (χ1v) is 7.87. The van der Waals surface area contributed by atoms with Crippen molar-refractivity contribution >= 4 is 16.8 Å². The molecule has 1 aromatic heterocycles. The van der Waals surface area contributed by atoms with Crippen LogP contribution >= 0.6 is 0 Å². The van der Waals surface area contributed by atoms with Crippen LogP contribution in [0.4, 0.5) is 0 Å². The Morgan fingerprint density at radius 2 is 2.08 bits per heavy atom. The zero-order valence-electron chi connectivity index (χ0n) is 13.2. The van der Waals surface area contributed by atoms with E-state index in [0.717, 1.165) is 16.5 Å². The number of carbonyl (C=O) groups excluding carboxylic acids is 1. The molecule has 2 heterocycles. The third-order valence-electron chi connectivity index (χ3n) is 4.12. The zero-order chi connectivity index (χ0) is 17.0. The third kappa shape index (κ3) is 3.69. The lowest BCUT2D eigenvalue weighted by Crippen LogP contribution is -2.25. The number of terminal acetylenes is 1. The number of amides is 1. The molecule has 2 aromatic rings. The summed E-state index contributed by atoms with van der Waals surface area (Å²) in [7, 11) is 0. The first-order chi connectivity index (χ1) is 11.6. The minimum Gasteiger partial charge on any atom is -0.352 e. The number of aromatic nitrogens is 1. The molecule has 24 heavy (non-hydrogen) atoms. The highest BCUT2D eigenvalue weighted by Gasteiger charge is 2.39. The lowest BCUT2D eigenvalue weighted by atomic mass is 10.0. The van der Waals surface area contributed by atoms with Crippen LogP contribution in [0.25, 0.3) is 10.9 Å². The lowest BCUT2D eigenvalue weighted by molar-refractivity contribution is -0.121. The number of hydrogen-bond donors (Lipinski definition) is 2. The van der Waals surface area contributed by atoms with E-state index in [0.29, 0.717) is 32.2 Å². The number of aromatic amines is 1. The lowest BCUT2D eigenvalue weighted by Gasteiger charge is -2.10. The molecule has 0 spiro atoms. The molecule has 6 nitrogen and oxygen atoms in total. The largest absolute Gasteiger partial charge is 0.352 e. The first-order valence-electron chi connectivity index (χ1n) is 7.87. The molecule has 2 N–H and O–H groups in total. The van der Waals surface area contributed by atoms with Crippen LogP contribution in [0.1, 0.15) is 31.2 Å². The van der Waals surface area contributed by atoms with Crippen LogP contribution in [0.2, 0.25) is 0 Å². The maximum absolute atomic E-state index is 12.1. The van der Waals surface area contributed by atoms with Gasteiger partial charge >= 0.3 is 0 Å². The quantitative estimate of drug-likeness (QED) is 0.767. The average molecular weight is 322 g/mol. The van der Waals surface area contributed by atoms with E-state index in [1.165, 1.54) is 6.07 Å². The van der Waals surface area contributed by atoms with E-state index in [-0.39, 0.29) is 11.5 Å². The second kappa shape index (κ2) is 6.67. The second-order valence-electron chi connectivity index (χ2n) is 5.87. The molecule has 1 aliphatic heterocycles. The van der Waals surface area contributed by atoms with Crippen molar-refractivity contribution in [2.75, 3.05) is 0 Å². The highest BCUT2D eigenvalue weighted by Crippen LogP contribution is 2.37. The van der Waals surface area contributed by atoms with E-state index in [9.17, 15) is 9.59 Å². The molecular formula is C18H18N4O2. The molecule has 0 bridgehead atoms. The van der Waals surface area contributed by atoms with Crippen LogP contribution in [0.5, 0.6) is 0 Å². The Hall–Kier alpha value is -2.94. The summed E-state index contributed by atoms with van der Waals surface area (Å²) in [6.45, 7) is 0.314. The van der Waals surface area contributed by atoms with Gasteiger partial charge in [-0.25, -0.2) is 0 Å². The fourth-order valence-electron chi connectivity index (χ4n) is 2.69. The Morgan fingerprint density at radius 3 is 2.83 bits per heavy atom. The Bertz CT molecular complexity index is 886. The summed E-state index contributed by atoms with van der Waals surface area (Å²) in [4.78, 5) is 26.6. The molecule has 0 saturated heterocycles. The Balaban J connectivity index is 1.57. The topological polar surface area (TPSA) is 86.7 Å². The van der Waals surface area contributed by atoms with Crippen molar-refractivity contribution in [3.05, 3.63) is 46.2 Å². The van der Waals surface area contributed by atoms with Crippen LogP contribution in [0, 0.1) is 12.3 Å². The zero-order valence-corrected chi connectivity index (χ0v) is 13.2. The fraction of sp³-hybridized carbons (Fsp3) is 0.333. The molecule has 6 heteroatoms. The summed E-state index contributed by atoms with van der Waals surface area (Å²) in [5, 5.41) is 11.8. The van der Waals surface area contributed by atoms with Crippen LogP contribution in [-0.4, -0.2) is 16.6 Å². The normalized spacial score (nSPS) is 14.3. The summed E-state index contributed by atoms with van der Waals surface area (Å²) >= 11 is 0. The average Bonchev–Trinajstić information content (AvgIpc) is 3.36.